The summed E-state index contributed by atoms with van der Waals surface area (Å²) in [7, 11) is 0. The maximum atomic E-state index is 10.3. The first-order valence-corrected chi connectivity index (χ1v) is 5.09. The molecule has 0 rings (SSSR count). The second kappa shape index (κ2) is 7.36. The molecule has 0 unspecified atom stereocenters. The Kier molecular flexibility index (Phi) is 6.81. The smallest absolute Gasteiger partial charge is 0.303 e. The fourth-order valence-electron chi connectivity index (χ4n) is 1.01. The lowest BCUT2D eigenvalue weighted by molar-refractivity contribution is -0.136. The maximum absolute atomic E-state index is 10.3. The summed E-state index contributed by atoms with van der Waals surface area (Å²) in [5, 5.41) is 8.47. The highest BCUT2D eigenvalue weighted by molar-refractivity contribution is 5.66. The van der Waals surface area contributed by atoms with Crippen molar-refractivity contribution in [2.24, 2.45) is 0 Å². The zero-order valence-electron chi connectivity index (χ0n) is 9.34. The molecule has 0 aliphatic rings. The minimum absolute atomic E-state index is 0.235. The van der Waals surface area contributed by atoms with Crippen LogP contribution in [0.2, 0.25) is 0 Å². The van der Waals surface area contributed by atoms with Crippen LogP contribution in [0.25, 0.3) is 0 Å². The van der Waals surface area contributed by atoms with E-state index in [1.165, 1.54) is 5.57 Å². The number of carboxylic acid groups (broad SMARTS) is 1. The predicted octanol–water partition coefficient (Wildman–Crippen LogP) is 3.54. The van der Waals surface area contributed by atoms with Crippen molar-refractivity contribution in [2.75, 3.05) is 0 Å². The monoisotopic (exact) mass is 196 g/mol. The standard InChI is InChI=1S/C12H20O2/c1-4-10(2)6-5-7-11(3)8-9-12(13)14/h6-7H,4-5,8-9H2,1-3H3,(H,13,14)/b10-6+,11-7+. The SMILES string of the molecule is CC/C(C)=C/C/C=C(\C)CCC(=O)O. The largest absolute Gasteiger partial charge is 0.481 e. The Morgan fingerprint density at radius 3 is 2.21 bits per heavy atom. The molecule has 0 fully saturated rings. The number of rotatable bonds is 6. The highest BCUT2D eigenvalue weighted by Crippen LogP contribution is 2.07. The molecular weight excluding hydrogens is 176 g/mol. The molecule has 0 atom stereocenters. The van der Waals surface area contributed by atoms with Gasteiger partial charge in [0.1, 0.15) is 0 Å². The van der Waals surface area contributed by atoms with E-state index in [1.54, 1.807) is 0 Å². The summed E-state index contributed by atoms with van der Waals surface area (Å²) in [6.45, 7) is 6.23. The molecule has 0 aromatic heterocycles. The molecule has 0 aliphatic heterocycles. The maximum Gasteiger partial charge on any atom is 0.303 e. The summed E-state index contributed by atoms with van der Waals surface area (Å²) in [5.41, 5.74) is 2.54. The van der Waals surface area contributed by atoms with Crippen LogP contribution in [0, 0.1) is 0 Å². The van der Waals surface area contributed by atoms with E-state index in [4.69, 9.17) is 5.11 Å². The summed E-state index contributed by atoms with van der Waals surface area (Å²) in [6.07, 6.45) is 7.19. The third-order valence-corrected chi connectivity index (χ3v) is 2.22. The van der Waals surface area contributed by atoms with Crippen LogP contribution in [0.1, 0.15) is 46.5 Å². The molecule has 0 aromatic carbocycles. The predicted molar refractivity (Wildman–Crippen MR) is 59.3 cm³/mol. The van der Waals surface area contributed by atoms with Crippen molar-refractivity contribution in [1.29, 1.82) is 0 Å². The van der Waals surface area contributed by atoms with Crippen LogP contribution in [-0.4, -0.2) is 11.1 Å². The molecule has 0 bridgehead atoms. The lowest BCUT2D eigenvalue weighted by Gasteiger charge is -1.97. The van der Waals surface area contributed by atoms with E-state index in [1.807, 2.05) is 6.92 Å². The number of carbonyl (C=O) groups is 1. The quantitative estimate of drug-likeness (QED) is 0.660. The Balaban J connectivity index is 3.82. The van der Waals surface area contributed by atoms with E-state index in [9.17, 15) is 4.79 Å². The first kappa shape index (κ1) is 12.9. The molecule has 0 aromatic rings. The molecule has 14 heavy (non-hydrogen) atoms. The highest BCUT2D eigenvalue weighted by atomic mass is 16.4. The van der Waals surface area contributed by atoms with Gasteiger partial charge in [0.15, 0.2) is 0 Å². The summed E-state index contributed by atoms with van der Waals surface area (Å²) in [5.74, 6) is -0.724. The molecule has 0 radical (unpaired) electrons. The van der Waals surface area contributed by atoms with Crippen LogP contribution in [0.4, 0.5) is 0 Å². The van der Waals surface area contributed by atoms with E-state index in [2.05, 4.69) is 26.0 Å². The van der Waals surface area contributed by atoms with Gasteiger partial charge in [-0.3, -0.25) is 4.79 Å². The third kappa shape index (κ3) is 7.59. The summed E-state index contributed by atoms with van der Waals surface area (Å²) in [4.78, 5) is 10.3. The van der Waals surface area contributed by atoms with Gasteiger partial charge in [-0.05, 0) is 33.1 Å². The van der Waals surface area contributed by atoms with Crippen molar-refractivity contribution < 1.29 is 9.90 Å². The normalized spacial score (nSPS) is 13.1. The van der Waals surface area contributed by atoms with Gasteiger partial charge in [0.05, 0.1) is 0 Å². The van der Waals surface area contributed by atoms with Crippen molar-refractivity contribution >= 4 is 5.97 Å². The fourth-order valence-corrected chi connectivity index (χ4v) is 1.01. The molecule has 2 nitrogen and oxygen atoms in total. The van der Waals surface area contributed by atoms with E-state index in [0.717, 1.165) is 18.4 Å². The third-order valence-electron chi connectivity index (χ3n) is 2.22. The highest BCUT2D eigenvalue weighted by Gasteiger charge is 1.96. The van der Waals surface area contributed by atoms with Gasteiger partial charge in [-0.1, -0.05) is 30.2 Å². The lowest BCUT2D eigenvalue weighted by atomic mass is 10.1. The molecule has 2 heteroatoms. The van der Waals surface area contributed by atoms with E-state index < -0.39 is 5.97 Å². The molecule has 1 N–H and O–H groups in total. The van der Waals surface area contributed by atoms with Crippen LogP contribution < -0.4 is 0 Å². The Hall–Kier alpha value is -1.05. The van der Waals surface area contributed by atoms with Crippen LogP contribution in [0.15, 0.2) is 23.3 Å². The molecule has 0 heterocycles. The average molecular weight is 196 g/mol. The molecule has 0 amide bonds. The Morgan fingerprint density at radius 1 is 1.14 bits per heavy atom. The zero-order chi connectivity index (χ0) is 11.0. The first-order chi connectivity index (χ1) is 6.56. The molecule has 0 saturated carbocycles. The van der Waals surface area contributed by atoms with Gasteiger partial charge in [0.2, 0.25) is 0 Å². The summed E-state index contributed by atoms with van der Waals surface area (Å²) < 4.78 is 0. The molecule has 0 spiro atoms. The number of carboxylic acids is 1. The van der Waals surface area contributed by atoms with Gasteiger partial charge in [0.25, 0.3) is 0 Å². The number of hydrogen-bond acceptors (Lipinski definition) is 1. The topological polar surface area (TPSA) is 37.3 Å². The van der Waals surface area contributed by atoms with E-state index in [-0.39, 0.29) is 6.42 Å². The lowest BCUT2D eigenvalue weighted by Crippen LogP contribution is -1.93. The van der Waals surface area contributed by atoms with Crippen molar-refractivity contribution in [3.63, 3.8) is 0 Å². The van der Waals surface area contributed by atoms with Crippen LogP contribution >= 0.6 is 0 Å². The van der Waals surface area contributed by atoms with Gasteiger partial charge < -0.3 is 5.11 Å². The number of aliphatic carboxylic acids is 1. The van der Waals surface area contributed by atoms with Crippen LogP contribution in [-0.2, 0) is 4.79 Å². The number of hydrogen-bond donors (Lipinski definition) is 1. The van der Waals surface area contributed by atoms with Gasteiger partial charge in [-0.2, -0.15) is 0 Å². The van der Waals surface area contributed by atoms with Gasteiger partial charge in [-0.15, -0.1) is 0 Å². The van der Waals surface area contributed by atoms with Crippen LogP contribution in [0.5, 0.6) is 0 Å². The fraction of sp³-hybridized carbons (Fsp3) is 0.583. The van der Waals surface area contributed by atoms with Crippen molar-refractivity contribution in [3.05, 3.63) is 23.3 Å². The average Bonchev–Trinajstić information content (AvgIpc) is 2.14. The van der Waals surface area contributed by atoms with Gasteiger partial charge >= 0.3 is 5.97 Å². The van der Waals surface area contributed by atoms with Gasteiger partial charge in [0, 0.05) is 6.42 Å². The first-order valence-electron chi connectivity index (χ1n) is 5.09. The molecular formula is C12H20O2. The van der Waals surface area contributed by atoms with Gasteiger partial charge in [-0.25, -0.2) is 0 Å². The molecule has 80 valence electrons. The zero-order valence-corrected chi connectivity index (χ0v) is 9.34. The Labute approximate surface area is 86.3 Å². The van der Waals surface area contributed by atoms with Crippen molar-refractivity contribution in [3.8, 4) is 0 Å². The van der Waals surface area contributed by atoms with E-state index in [0.29, 0.717) is 6.42 Å². The second-order valence-corrected chi connectivity index (χ2v) is 3.58. The van der Waals surface area contributed by atoms with Crippen molar-refractivity contribution in [1.82, 2.24) is 0 Å². The Bertz CT molecular complexity index is 237. The minimum Gasteiger partial charge on any atom is -0.481 e. The number of allylic oxidation sites excluding steroid dienone is 4. The minimum atomic E-state index is -0.724. The van der Waals surface area contributed by atoms with Crippen LogP contribution in [0.3, 0.4) is 0 Å². The molecule has 0 aliphatic carbocycles. The summed E-state index contributed by atoms with van der Waals surface area (Å²) >= 11 is 0. The Morgan fingerprint density at radius 2 is 1.71 bits per heavy atom. The van der Waals surface area contributed by atoms with Crippen molar-refractivity contribution in [2.45, 2.75) is 46.5 Å². The molecule has 0 saturated heterocycles. The van der Waals surface area contributed by atoms with E-state index >= 15 is 0 Å². The second-order valence-electron chi connectivity index (χ2n) is 3.58. The summed E-state index contributed by atoms with van der Waals surface area (Å²) in [6, 6.07) is 0.